The second-order valence-corrected chi connectivity index (χ2v) is 4.99. The summed E-state index contributed by atoms with van der Waals surface area (Å²) in [6.45, 7) is 9.98. The number of hydrogen-bond donors (Lipinski definition) is 0. The van der Waals surface area contributed by atoms with E-state index >= 15 is 0 Å². The lowest BCUT2D eigenvalue weighted by Crippen LogP contribution is -2.20. The highest BCUT2D eigenvalue weighted by Crippen LogP contribution is 2.23. The Morgan fingerprint density at radius 2 is 1.65 bits per heavy atom. The largest absolute Gasteiger partial charge is 0.474 e. The quantitative estimate of drug-likeness (QED) is 0.562. The van der Waals surface area contributed by atoms with Gasteiger partial charge in [-0.15, -0.1) is 0 Å². The zero-order chi connectivity index (χ0) is 15.4. The third kappa shape index (κ3) is 7.13. The Bertz CT molecular complexity index is 352. The summed E-state index contributed by atoms with van der Waals surface area (Å²) in [5.41, 5.74) is 0.977. The van der Waals surface area contributed by atoms with E-state index in [0.29, 0.717) is 6.10 Å². The molecule has 1 aliphatic rings. The Morgan fingerprint density at radius 1 is 1.05 bits per heavy atom. The summed E-state index contributed by atoms with van der Waals surface area (Å²) >= 11 is 1.56. The fourth-order valence-electron chi connectivity index (χ4n) is 2.02. The van der Waals surface area contributed by atoms with Gasteiger partial charge >= 0.3 is 0 Å². The van der Waals surface area contributed by atoms with Gasteiger partial charge in [0.25, 0.3) is 0 Å². The predicted octanol–water partition coefficient (Wildman–Crippen LogP) is 5.27. The van der Waals surface area contributed by atoms with Crippen LogP contribution in [0.1, 0.15) is 65.5 Å². The van der Waals surface area contributed by atoms with E-state index in [0.717, 1.165) is 29.6 Å². The molecule has 0 atom stereocenters. The summed E-state index contributed by atoms with van der Waals surface area (Å²) in [4.78, 5) is 8.69. The molecule has 0 radical (unpaired) electrons. The van der Waals surface area contributed by atoms with Crippen LogP contribution in [0.15, 0.2) is 11.2 Å². The van der Waals surface area contributed by atoms with Gasteiger partial charge in [-0.25, -0.2) is 4.98 Å². The molecular weight excluding hydrogens is 268 g/mol. The van der Waals surface area contributed by atoms with Crippen LogP contribution < -0.4 is 4.74 Å². The van der Waals surface area contributed by atoms with E-state index in [1.807, 2.05) is 46.9 Å². The molecule has 1 heterocycles. The number of aryl methyl sites for hydroxylation is 1. The van der Waals surface area contributed by atoms with Crippen LogP contribution in [0, 0.1) is 6.92 Å². The molecule has 0 aromatic carbocycles. The molecule has 1 aromatic rings. The second kappa shape index (κ2) is 12.0. The third-order valence-electron chi connectivity index (χ3n) is 2.83. The summed E-state index contributed by atoms with van der Waals surface area (Å²) in [5, 5.41) is 0.797. The highest BCUT2D eigenvalue weighted by molar-refractivity contribution is 7.98. The van der Waals surface area contributed by atoms with E-state index in [2.05, 4.69) is 9.97 Å². The van der Waals surface area contributed by atoms with Gasteiger partial charge in [0.1, 0.15) is 6.10 Å². The Morgan fingerprint density at radius 3 is 2.20 bits per heavy atom. The molecule has 1 saturated carbocycles. The number of hydrogen-bond acceptors (Lipinski definition) is 4. The maximum absolute atomic E-state index is 5.91. The second-order valence-electron chi connectivity index (χ2n) is 4.21. The Kier molecular flexibility index (Phi) is 11.5. The van der Waals surface area contributed by atoms with Crippen molar-refractivity contribution in [2.24, 2.45) is 0 Å². The Balaban J connectivity index is 0.000000829. The first kappa shape index (κ1) is 19.2. The number of rotatable bonds is 3. The van der Waals surface area contributed by atoms with Gasteiger partial charge in [-0.2, -0.15) is 4.98 Å². The zero-order valence-corrected chi connectivity index (χ0v) is 14.7. The van der Waals surface area contributed by atoms with Crippen LogP contribution in [-0.4, -0.2) is 22.3 Å². The van der Waals surface area contributed by atoms with Crippen molar-refractivity contribution in [3.8, 4) is 5.88 Å². The van der Waals surface area contributed by atoms with Crippen LogP contribution >= 0.6 is 11.8 Å². The fraction of sp³-hybridized carbons (Fsp3) is 0.750. The van der Waals surface area contributed by atoms with E-state index in [9.17, 15) is 0 Å². The van der Waals surface area contributed by atoms with Gasteiger partial charge in [0.15, 0.2) is 5.16 Å². The van der Waals surface area contributed by atoms with Crippen molar-refractivity contribution in [2.45, 2.75) is 78.0 Å². The first-order valence-corrected chi connectivity index (χ1v) is 9.07. The van der Waals surface area contributed by atoms with Gasteiger partial charge < -0.3 is 4.74 Å². The zero-order valence-electron chi connectivity index (χ0n) is 13.9. The molecule has 1 fully saturated rings. The molecule has 4 heteroatoms. The van der Waals surface area contributed by atoms with E-state index in [-0.39, 0.29) is 0 Å². The first-order chi connectivity index (χ1) is 9.78. The van der Waals surface area contributed by atoms with E-state index in [4.69, 9.17) is 4.74 Å². The molecule has 116 valence electrons. The molecule has 0 bridgehead atoms. The van der Waals surface area contributed by atoms with Gasteiger partial charge in [0.05, 0.1) is 0 Å². The summed E-state index contributed by atoms with van der Waals surface area (Å²) in [6.07, 6.45) is 8.58. The van der Waals surface area contributed by atoms with E-state index in [1.54, 1.807) is 11.8 Å². The predicted molar refractivity (Wildman–Crippen MR) is 88.7 cm³/mol. The fourth-order valence-corrected chi connectivity index (χ4v) is 2.44. The molecule has 0 aliphatic heterocycles. The van der Waals surface area contributed by atoms with Crippen LogP contribution in [0.2, 0.25) is 0 Å². The van der Waals surface area contributed by atoms with Crippen molar-refractivity contribution in [1.82, 2.24) is 9.97 Å². The molecule has 0 unspecified atom stereocenters. The van der Waals surface area contributed by atoms with E-state index in [1.165, 1.54) is 19.3 Å². The van der Waals surface area contributed by atoms with Crippen LogP contribution in [0.4, 0.5) is 0 Å². The van der Waals surface area contributed by atoms with Gasteiger partial charge in [-0.1, -0.05) is 45.9 Å². The van der Waals surface area contributed by atoms with Crippen molar-refractivity contribution in [2.75, 3.05) is 6.26 Å². The molecule has 20 heavy (non-hydrogen) atoms. The normalized spacial score (nSPS) is 14.5. The molecule has 3 nitrogen and oxygen atoms in total. The van der Waals surface area contributed by atoms with Crippen molar-refractivity contribution in [3.05, 3.63) is 11.8 Å². The highest BCUT2D eigenvalue weighted by atomic mass is 32.2. The molecule has 0 N–H and O–H groups in total. The van der Waals surface area contributed by atoms with E-state index < -0.39 is 0 Å². The van der Waals surface area contributed by atoms with Gasteiger partial charge in [0.2, 0.25) is 5.88 Å². The summed E-state index contributed by atoms with van der Waals surface area (Å²) < 4.78 is 5.91. The summed E-state index contributed by atoms with van der Waals surface area (Å²) in [6, 6.07) is 1.92. The number of ether oxygens (including phenoxy) is 1. The Labute approximate surface area is 128 Å². The maximum Gasteiger partial charge on any atom is 0.217 e. The van der Waals surface area contributed by atoms with Crippen molar-refractivity contribution < 1.29 is 4.74 Å². The standard InChI is InChI=1S/C12H18N2OS.2C2H6/c1-9-8-11(14-12(13-9)16-2)15-10-6-4-3-5-7-10;2*1-2/h8,10H,3-7H2,1-2H3;2*1-2H3. The summed E-state index contributed by atoms with van der Waals surface area (Å²) in [7, 11) is 0. The minimum Gasteiger partial charge on any atom is -0.474 e. The first-order valence-electron chi connectivity index (χ1n) is 7.84. The van der Waals surface area contributed by atoms with Crippen LogP contribution in [0.5, 0.6) is 5.88 Å². The number of nitrogens with zero attached hydrogens (tertiary/aromatic N) is 2. The van der Waals surface area contributed by atoms with Crippen LogP contribution in [0.3, 0.4) is 0 Å². The smallest absolute Gasteiger partial charge is 0.217 e. The lowest BCUT2D eigenvalue weighted by atomic mass is 9.98. The molecule has 2 rings (SSSR count). The van der Waals surface area contributed by atoms with Gasteiger partial charge in [-0.3, -0.25) is 0 Å². The lowest BCUT2D eigenvalue weighted by molar-refractivity contribution is 0.147. The van der Waals surface area contributed by atoms with Crippen molar-refractivity contribution >= 4 is 11.8 Å². The van der Waals surface area contributed by atoms with Crippen LogP contribution in [0.25, 0.3) is 0 Å². The average Bonchev–Trinajstić information content (AvgIpc) is 2.51. The average molecular weight is 298 g/mol. The molecule has 1 aromatic heterocycles. The minimum atomic E-state index is 0.359. The van der Waals surface area contributed by atoms with Crippen molar-refractivity contribution in [3.63, 3.8) is 0 Å². The number of thioether (sulfide) groups is 1. The van der Waals surface area contributed by atoms with Gasteiger partial charge in [-0.05, 0) is 38.9 Å². The van der Waals surface area contributed by atoms with Gasteiger partial charge in [0, 0.05) is 11.8 Å². The number of aromatic nitrogens is 2. The molecule has 0 spiro atoms. The molecule has 1 aliphatic carbocycles. The monoisotopic (exact) mass is 298 g/mol. The molecule has 0 amide bonds. The Hall–Kier alpha value is -0.770. The topological polar surface area (TPSA) is 35.0 Å². The van der Waals surface area contributed by atoms with Crippen molar-refractivity contribution in [1.29, 1.82) is 0 Å². The minimum absolute atomic E-state index is 0.359. The molecule has 0 saturated heterocycles. The highest BCUT2D eigenvalue weighted by Gasteiger charge is 2.15. The maximum atomic E-state index is 5.91. The molecular formula is C16H30N2OS. The summed E-state index contributed by atoms with van der Waals surface area (Å²) in [5.74, 6) is 0.740. The SMILES string of the molecule is CC.CC.CSc1nc(C)cc(OC2CCCCC2)n1. The third-order valence-corrected chi connectivity index (χ3v) is 3.38. The lowest BCUT2D eigenvalue weighted by Gasteiger charge is -2.22. The van der Waals surface area contributed by atoms with Crippen LogP contribution in [-0.2, 0) is 0 Å².